The molecule has 0 amide bonds. The molecule has 0 spiro atoms. The third kappa shape index (κ3) is 9.92. The van der Waals surface area contributed by atoms with Crippen molar-refractivity contribution in [3.63, 3.8) is 0 Å². The van der Waals surface area contributed by atoms with Gasteiger partial charge in [0, 0.05) is 16.9 Å². The Bertz CT molecular complexity index is 1440. The number of nitrogen functional groups attached to an aromatic ring is 2. The number of azo groups is 2. The van der Waals surface area contributed by atoms with E-state index in [1.807, 2.05) is 6.92 Å². The molecule has 0 aliphatic carbocycles. The molecule has 17 nitrogen and oxygen atoms in total. The second-order valence-electron chi connectivity index (χ2n) is 7.46. The molecule has 3 aromatic rings. The number of nitrogens with two attached hydrogens (primary N) is 2. The number of hydrogen-bond acceptors (Lipinski definition) is 18. The molecular formula is C22H22N6O11S3. The summed E-state index contributed by atoms with van der Waals surface area (Å²) in [6, 6.07) is 12.5. The molecule has 0 atom stereocenters. The largest absolute Gasteiger partial charge is 0.478 e. The highest BCUT2D eigenvalue weighted by molar-refractivity contribution is 7.96. The SMILES string of the molecule is Cc1ccc(N=Nc2c(C(=O)O)cc(N)c(N=Nc3ccc(SOC(=O)CSOOO)cc3)c2N)c(SOOO)c1.O. The number of rotatable bonds is 14. The minimum absolute atomic E-state index is 0. The summed E-state index contributed by atoms with van der Waals surface area (Å²) < 4.78 is 13.5. The number of nitrogens with zero attached hydrogens (tertiary/aromatic N) is 4. The molecule has 20 heteroatoms. The summed E-state index contributed by atoms with van der Waals surface area (Å²) in [6.45, 7) is 1.82. The predicted molar refractivity (Wildman–Crippen MR) is 152 cm³/mol. The van der Waals surface area contributed by atoms with E-state index >= 15 is 0 Å². The van der Waals surface area contributed by atoms with Crippen molar-refractivity contribution >= 4 is 82.2 Å². The smallest absolute Gasteiger partial charge is 0.338 e. The summed E-state index contributed by atoms with van der Waals surface area (Å²) in [7, 11) is 0. The van der Waals surface area contributed by atoms with E-state index in [0.717, 1.165) is 23.7 Å². The van der Waals surface area contributed by atoms with Gasteiger partial charge in [0.05, 0.1) is 51.6 Å². The third-order valence-corrected chi connectivity index (χ3v) is 6.56. The zero-order chi connectivity index (χ0) is 29.8. The first-order chi connectivity index (χ1) is 19.7. The number of aryl methyl sites for hydroxylation is 1. The van der Waals surface area contributed by atoms with Crippen LogP contribution in [0.4, 0.5) is 34.1 Å². The highest BCUT2D eigenvalue weighted by atomic mass is 32.2. The van der Waals surface area contributed by atoms with Crippen LogP contribution in [0.2, 0.25) is 0 Å². The van der Waals surface area contributed by atoms with Crippen molar-refractivity contribution in [3.05, 3.63) is 59.7 Å². The number of aromatic carboxylic acids is 1. The standard InChI is InChI=1S/C22H20N6O10S3.H2O/c1-11-2-7-16(17(8-11)41-38-36-33)26-27-20-14(22(30)31)9-15(23)21(19(20)24)28-25-12-3-5-13(6-4-12)40-34-18(29)10-39-37-35-32;/h2-9,32-33H,10,23-24H2,1H3,(H,30,31);1H2. The van der Waals surface area contributed by atoms with Crippen molar-refractivity contribution in [2.45, 2.75) is 16.7 Å². The number of carboxylic acid groups (broad SMARTS) is 1. The van der Waals surface area contributed by atoms with Crippen molar-refractivity contribution in [2.75, 3.05) is 17.2 Å². The molecule has 0 heterocycles. The van der Waals surface area contributed by atoms with E-state index in [2.05, 4.69) is 39.2 Å². The lowest BCUT2D eigenvalue weighted by Gasteiger charge is -2.10. The van der Waals surface area contributed by atoms with Crippen LogP contribution < -0.4 is 11.5 Å². The van der Waals surface area contributed by atoms with Gasteiger partial charge in [0.25, 0.3) is 0 Å². The Labute approximate surface area is 249 Å². The van der Waals surface area contributed by atoms with Crippen molar-refractivity contribution in [3.8, 4) is 0 Å². The fourth-order valence-corrected chi connectivity index (χ4v) is 4.25. The van der Waals surface area contributed by atoms with Crippen LogP contribution in [0.5, 0.6) is 0 Å². The molecule has 0 saturated heterocycles. The van der Waals surface area contributed by atoms with Gasteiger partial charge in [-0.3, -0.25) is 4.79 Å². The monoisotopic (exact) mass is 642 g/mol. The Morgan fingerprint density at radius 1 is 0.881 bits per heavy atom. The molecule has 0 bridgehead atoms. The molecule has 0 unspecified atom stereocenters. The van der Waals surface area contributed by atoms with Crippen LogP contribution >= 0.6 is 36.1 Å². The molecule has 0 aliphatic rings. The molecule has 0 fully saturated rings. The lowest BCUT2D eigenvalue weighted by molar-refractivity contribution is -0.432. The fraction of sp³-hybridized carbons (Fsp3) is 0.0909. The summed E-state index contributed by atoms with van der Waals surface area (Å²) in [6.07, 6.45) is 0. The lowest BCUT2D eigenvalue weighted by atomic mass is 10.1. The highest BCUT2D eigenvalue weighted by Crippen LogP contribution is 2.42. The molecule has 224 valence electrons. The van der Waals surface area contributed by atoms with Crippen LogP contribution in [0.1, 0.15) is 15.9 Å². The van der Waals surface area contributed by atoms with E-state index in [9.17, 15) is 14.7 Å². The minimum Gasteiger partial charge on any atom is -0.478 e. The second kappa shape index (κ2) is 17.2. The van der Waals surface area contributed by atoms with Crippen LogP contribution in [-0.2, 0) is 27.7 Å². The fourth-order valence-electron chi connectivity index (χ4n) is 2.90. The van der Waals surface area contributed by atoms with E-state index in [1.165, 1.54) is 0 Å². The Morgan fingerprint density at radius 3 is 2.24 bits per heavy atom. The maximum absolute atomic E-state index is 11.9. The highest BCUT2D eigenvalue weighted by Gasteiger charge is 2.20. The first-order valence-electron chi connectivity index (χ1n) is 10.8. The molecule has 0 saturated carbocycles. The average molecular weight is 643 g/mol. The maximum atomic E-state index is 11.9. The summed E-state index contributed by atoms with van der Waals surface area (Å²) in [5, 5.41) is 49.5. The van der Waals surface area contributed by atoms with Gasteiger partial charge in [0.2, 0.25) is 0 Å². The van der Waals surface area contributed by atoms with Gasteiger partial charge in [-0.25, -0.2) is 15.3 Å². The van der Waals surface area contributed by atoms with Gasteiger partial charge in [-0.15, -0.1) is 24.0 Å². The topological polar surface area (TPSA) is 274 Å². The van der Waals surface area contributed by atoms with Crippen LogP contribution in [0.3, 0.4) is 0 Å². The molecule has 3 rings (SSSR count). The number of anilines is 2. The minimum atomic E-state index is -1.35. The Morgan fingerprint density at radius 2 is 1.57 bits per heavy atom. The summed E-state index contributed by atoms with van der Waals surface area (Å²) >= 11 is 1.99. The van der Waals surface area contributed by atoms with Gasteiger partial charge in [0.15, 0.2) is 0 Å². The molecule has 9 N–H and O–H groups in total. The van der Waals surface area contributed by atoms with E-state index < -0.39 is 11.9 Å². The number of carboxylic acids is 1. The van der Waals surface area contributed by atoms with Crippen LogP contribution in [0.25, 0.3) is 0 Å². The Hall–Kier alpha value is -3.83. The van der Waals surface area contributed by atoms with Gasteiger partial charge < -0.3 is 26.2 Å². The van der Waals surface area contributed by atoms with Gasteiger partial charge in [0.1, 0.15) is 22.8 Å². The van der Waals surface area contributed by atoms with Crippen molar-refractivity contribution in [1.29, 1.82) is 0 Å². The van der Waals surface area contributed by atoms with E-state index in [4.69, 9.17) is 26.2 Å². The van der Waals surface area contributed by atoms with Crippen molar-refractivity contribution < 1.29 is 53.6 Å². The molecular weight excluding hydrogens is 620 g/mol. The normalized spacial score (nSPS) is 11.1. The Kier molecular flexibility index (Phi) is 14.1. The average Bonchev–Trinajstić information content (AvgIpc) is 2.95. The third-order valence-electron chi connectivity index (χ3n) is 4.68. The number of benzene rings is 3. The van der Waals surface area contributed by atoms with E-state index in [0.29, 0.717) is 39.6 Å². The quantitative estimate of drug-likeness (QED) is 0.0341. The predicted octanol–water partition coefficient (Wildman–Crippen LogP) is 5.91. The zero-order valence-electron chi connectivity index (χ0n) is 21.2. The van der Waals surface area contributed by atoms with Gasteiger partial charge in [-0.1, -0.05) is 16.1 Å². The van der Waals surface area contributed by atoms with Crippen LogP contribution in [0, 0.1) is 6.92 Å². The molecule has 0 aromatic heterocycles. The lowest BCUT2D eigenvalue weighted by Crippen LogP contribution is -2.02. The van der Waals surface area contributed by atoms with E-state index in [1.54, 1.807) is 42.5 Å². The first kappa shape index (κ1) is 34.4. The van der Waals surface area contributed by atoms with Gasteiger partial charge >= 0.3 is 11.9 Å². The van der Waals surface area contributed by atoms with Crippen LogP contribution in [-0.4, -0.2) is 38.8 Å². The summed E-state index contributed by atoms with van der Waals surface area (Å²) in [5.41, 5.74) is 12.9. The first-order valence-corrected chi connectivity index (χ1v) is 13.2. The molecule has 42 heavy (non-hydrogen) atoms. The molecule has 3 aromatic carbocycles. The van der Waals surface area contributed by atoms with Crippen molar-refractivity contribution in [1.82, 2.24) is 0 Å². The molecule has 0 radical (unpaired) electrons. The van der Waals surface area contributed by atoms with Gasteiger partial charge in [-0.05, 0) is 55.0 Å². The number of carbonyl (C=O) groups is 2. The molecule has 0 aliphatic heterocycles. The summed E-state index contributed by atoms with van der Waals surface area (Å²) in [4.78, 5) is 24.4. The Balaban J connectivity index is 0.00000616. The van der Waals surface area contributed by atoms with Crippen molar-refractivity contribution in [2.24, 2.45) is 20.5 Å². The summed E-state index contributed by atoms with van der Waals surface area (Å²) in [5.74, 6) is -2.20. The number of carbonyl (C=O) groups excluding carboxylic acids is 1. The zero-order valence-corrected chi connectivity index (χ0v) is 23.6. The number of hydrogen-bond donors (Lipinski definition) is 5. The second-order valence-corrected chi connectivity index (χ2v) is 9.67. The van der Waals surface area contributed by atoms with Crippen LogP contribution in [0.15, 0.2) is 78.8 Å². The maximum Gasteiger partial charge on any atom is 0.338 e. The van der Waals surface area contributed by atoms with E-state index in [-0.39, 0.29) is 45.2 Å². The van der Waals surface area contributed by atoms with Gasteiger partial charge in [-0.2, -0.15) is 5.11 Å².